The van der Waals surface area contributed by atoms with Gasteiger partial charge < -0.3 is 9.64 Å². The molecule has 128 valence electrons. The topological polar surface area (TPSA) is 63.7 Å². The van der Waals surface area contributed by atoms with Crippen LogP contribution in [0.4, 0.5) is 10.1 Å². The van der Waals surface area contributed by atoms with Crippen LogP contribution in [0.15, 0.2) is 48.5 Å². The molecule has 25 heavy (non-hydrogen) atoms. The fourth-order valence-corrected chi connectivity index (χ4v) is 2.63. The van der Waals surface area contributed by atoms with Gasteiger partial charge in [0.15, 0.2) is 12.4 Å². The highest BCUT2D eigenvalue weighted by molar-refractivity contribution is 6.00. The molecular formula is C19H16FNO4. The van der Waals surface area contributed by atoms with Crippen molar-refractivity contribution in [1.82, 2.24) is 0 Å². The third-order valence-corrected chi connectivity index (χ3v) is 3.99. The molecule has 1 heterocycles. The number of ketones is 1. The first-order valence-corrected chi connectivity index (χ1v) is 7.91. The van der Waals surface area contributed by atoms with Crippen LogP contribution in [-0.4, -0.2) is 30.8 Å². The number of rotatable bonds is 5. The summed E-state index contributed by atoms with van der Waals surface area (Å²) in [5.41, 5.74) is 1.32. The minimum atomic E-state index is -0.687. The van der Waals surface area contributed by atoms with E-state index in [2.05, 4.69) is 0 Å². The van der Waals surface area contributed by atoms with Crippen molar-refractivity contribution in [3.05, 3.63) is 65.5 Å². The molecule has 0 atom stereocenters. The van der Waals surface area contributed by atoms with Gasteiger partial charge in [0.2, 0.25) is 5.91 Å². The Hall–Kier alpha value is -3.02. The van der Waals surface area contributed by atoms with E-state index in [1.807, 2.05) is 0 Å². The summed E-state index contributed by atoms with van der Waals surface area (Å²) in [7, 11) is 0. The number of Topliss-reactive ketones (excluding diaryl/α,β-unsaturated/α-hetero) is 1. The number of carbonyl (C=O) groups is 3. The minimum absolute atomic E-state index is 0.0762. The maximum atomic E-state index is 12.8. The van der Waals surface area contributed by atoms with Gasteiger partial charge in [0, 0.05) is 24.2 Å². The molecule has 0 aromatic heterocycles. The normalized spacial score (nSPS) is 13.8. The molecule has 1 fully saturated rings. The van der Waals surface area contributed by atoms with Crippen molar-refractivity contribution >= 4 is 23.3 Å². The zero-order valence-corrected chi connectivity index (χ0v) is 13.4. The highest BCUT2D eigenvalue weighted by Gasteiger charge is 2.21. The van der Waals surface area contributed by atoms with E-state index in [1.54, 1.807) is 29.2 Å². The second-order valence-corrected chi connectivity index (χ2v) is 5.70. The van der Waals surface area contributed by atoms with Crippen molar-refractivity contribution in [3.63, 3.8) is 0 Å². The predicted molar refractivity (Wildman–Crippen MR) is 89.0 cm³/mol. The second-order valence-electron chi connectivity index (χ2n) is 5.70. The van der Waals surface area contributed by atoms with Crippen molar-refractivity contribution in [2.45, 2.75) is 12.8 Å². The van der Waals surface area contributed by atoms with Crippen molar-refractivity contribution in [1.29, 1.82) is 0 Å². The summed E-state index contributed by atoms with van der Waals surface area (Å²) in [6, 6.07) is 11.5. The van der Waals surface area contributed by atoms with Crippen molar-refractivity contribution in [2.75, 3.05) is 18.1 Å². The highest BCUT2D eigenvalue weighted by atomic mass is 19.1. The van der Waals surface area contributed by atoms with Gasteiger partial charge in [0.1, 0.15) is 5.82 Å². The Balaban J connectivity index is 1.58. The van der Waals surface area contributed by atoms with E-state index in [9.17, 15) is 18.8 Å². The van der Waals surface area contributed by atoms with Crippen LogP contribution in [0.2, 0.25) is 0 Å². The van der Waals surface area contributed by atoms with Gasteiger partial charge in [-0.25, -0.2) is 9.18 Å². The average Bonchev–Trinajstić information content (AvgIpc) is 3.06. The lowest BCUT2D eigenvalue weighted by molar-refractivity contribution is -0.117. The molecule has 0 bridgehead atoms. The summed E-state index contributed by atoms with van der Waals surface area (Å²) in [5.74, 6) is -1.42. The van der Waals surface area contributed by atoms with Crippen LogP contribution >= 0.6 is 0 Å². The van der Waals surface area contributed by atoms with Gasteiger partial charge >= 0.3 is 5.97 Å². The number of anilines is 1. The third kappa shape index (κ3) is 3.91. The van der Waals surface area contributed by atoms with Gasteiger partial charge in [0.05, 0.1) is 5.56 Å². The number of amides is 1. The summed E-state index contributed by atoms with van der Waals surface area (Å²) in [5, 5.41) is 0. The van der Waals surface area contributed by atoms with Gasteiger partial charge in [-0.05, 0) is 55.0 Å². The summed E-state index contributed by atoms with van der Waals surface area (Å²) in [6.45, 7) is 0.277. The lowest BCUT2D eigenvalue weighted by Gasteiger charge is -2.15. The predicted octanol–water partition coefficient (Wildman–Crippen LogP) is 2.99. The molecule has 0 N–H and O–H groups in total. The lowest BCUT2D eigenvalue weighted by Crippen LogP contribution is -2.23. The van der Waals surface area contributed by atoms with E-state index in [-0.39, 0.29) is 17.3 Å². The molecule has 0 unspecified atom stereocenters. The van der Waals surface area contributed by atoms with Crippen LogP contribution in [-0.2, 0) is 9.53 Å². The van der Waals surface area contributed by atoms with Crippen LogP contribution in [0.3, 0.4) is 0 Å². The fourth-order valence-electron chi connectivity index (χ4n) is 2.63. The van der Waals surface area contributed by atoms with E-state index in [4.69, 9.17) is 4.74 Å². The molecular weight excluding hydrogens is 325 g/mol. The van der Waals surface area contributed by atoms with Gasteiger partial charge in [0.25, 0.3) is 0 Å². The molecule has 0 radical (unpaired) electrons. The number of carbonyl (C=O) groups excluding carboxylic acids is 3. The summed E-state index contributed by atoms with van der Waals surface area (Å²) >= 11 is 0. The third-order valence-electron chi connectivity index (χ3n) is 3.99. The maximum absolute atomic E-state index is 12.8. The first-order valence-electron chi connectivity index (χ1n) is 7.91. The quantitative estimate of drug-likeness (QED) is 0.619. The van der Waals surface area contributed by atoms with Crippen LogP contribution in [0.25, 0.3) is 0 Å². The molecule has 1 saturated heterocycles. The first kappa shape index (κ1) is 16.8. The van der Waals surface area contributed by atoms with E-state index in [0.717, 1.165) is 24.2 Å². The van der Waals surface area contributed by atoms with E-state index in [1.165, 1.54) is 12.1 Å². The maximum Gasteiger partial charge on any atom is 0.338 e. The Labute approximate surface area is 144 Å². The van der Waals surface area contributed by atoms with Crippen LogP contribution in [0.5, 0.6) is 0 Å². The molecule has 3 rings (SSSR count). The highest BCUT2D eigenvalue weighted by Crippen LogP contribution is 2.21. The Morgan fingerprint density at radius 3 is 2.24 bits per heavy atom. The zero-order valence-electron chi connectivity index (χ0n) is 13.4. The van der Waals surface area contributed by atoms with E-state index >= 15 is 0 Å². The Kier molecular flexibility index (Phi) is 4.88. The molecule has 5 nitrogen and oxygen atoms in total. The molecule has 2 aromatic rings. The number of nitrogens with zero attached hydrogens (tertiary/aromatic N) is 1. The number of halogens is 1. The molecule has 0 aliphatic carbocycles. The number of hydrogen-bond acceptors (Lipinski definition) is 4. The van der Waals surface area contributed by atoms with Gasteiger partial charge in [-0.15, -0.1) is 0 Å². The van der Waals surface area contributed by atoms with Crippen molar-refractivity contribution in [2.24, 2.45) is 0 Å². The van der Waals surface area contributed by atoms with E-state index < -0.39 is 18.4 Å². The lowest BCUT2D eigenvalue weighted by atomic mass is 10.1. The van der Waals surface area contributed by atoms with E-state index in [0.29, 0.717) is 18.5 Å². The first-order chi connectivity index (χ1) is 12.0. The van der Waals surface area contributed by atoms with Gasteiger partial charge in [-0.2, -0.15) is 0 Å². The smallest absolute Gasteiger partial charge is 0.338 e. The fraction of sp³-hybridized carbons (Fsp3) is 0.211. The number of benzene rings is 2. The Morgan fingerprint density at radius 2 is 1.64 bits per heavy atom. The second kappa shape index (κ2) is 7.25. The zero-order chi connectivity index (χ0) is 17.8. The van der Waals surface area contributed by atoms with Crippen molar-refractivity contribution in [3.8, 4) is 0 Å². The monoisotopic (exact) mass is 341 g/mol. The van der Waals surface area contributed by atoms with Crippen LogP contribution < -0.4 is 4.90 Å². The molecule has 2 aromatic carbocycles. The molecule has 6 heteroatoms. The molecule has 1 aliphatic heterocycles. The van der Waals surface area contributed by atoms with Gasteiger partial charge in [-0.1, -0.05) is 0 Å². The molecule has 1 aliphatic rings. The summed E-state index contributed by atoms with van der Waals surface area (Å²) in [6.07, 6.45) is 1.37. The average molecular weight is 341 g/mol. The van der Waals surface area contributed by atoms with Crippen LogP contribution in [0, 0.1) is 5.82 Å². The number of ether oxygens (including phenoxy) is 1. The summed E-state index contributed by atoms with van der Waals surface area (Å²) < 4.78 is 17.8. The van der Waals surface area contributed by atoms with Crippen LogP contribution in [0.1, 0.15) is 33.6 Å². The Bertz CT molecular complexity index is 799. The SMILES string of the molecule is O=C(COC(=O)c1ccc(F)cc1)c1ccc(N2CCCC2=O)cc1. The van der Waals surface area contributed by atoms with Gasteiger partial charge in [-0.3, -0.25) is 9.59 Å². The standard InChI is InChI=1S/C19H16FNO4/c20-15-7-3-14(4-8-15)19(24)25-12-17(22)13-5-9-16(10-6-13)21-11-1-2-18(21)23/h3-10H,1-2,11-12H2. The summed E-state index contributed by atoms with van der Waals surface area (Å²) in [4.78, 5) is 37.3. The Morgan fingerprint density at radius 1 is 1.00 bits per heavy atom. The largest absolute Gasteiger partial charge is 0.454 e. The molecule has 0 saturated carbocycles. The van der Waals surface area contributed by atoms with Crippen molar-refractivity contribution < 1.29 is 23.5 Å². The number of esters is 1. The molecule has 0 spiro atoms. The number of hydrogen-bond donors (Lipinski definition) is 0. The minimum Gasteiger partial charge on any atom is -0.454 e. The molecule has 1 amide bonds.